The third-order valence-corrected chi connectivity index (χ3v) is 3.61. The van der Waals surface area contributed by atoms with Crippen molar-refractivity contribution in [3.63, 3.8) is 0 Å². The molecule has 0 aromatic carbocycles. The highest BCUT2D eigenvalue weighted by Gasteiger charge is 2.00. The topological polar surface area (TPSA) is 29.1 Å². The van der Waals surface area contributed by atoms with Crippen molar-refractivity contribution in [3.8, 4) is 0 Å². The van der Waals surface area contributed by atoms with Gasteiger partial charge >= 0.3 is 0 Å². The van der Waals surface area contributed by atoms with Gasteiger partial charge in [-0.05, 0) is 12.8 Å². The smallest absolute Gasteiger partial charge is 0.219 e. The van der Waals surface area contributed by atoms with Crippen LogP contribution in [0.4, 0.5) is 0 Å². The number of carbonyl (C=O) groups excluding carboxylic acids is 1. The lowest BCUT2D eigenvalue weighted by Gasteiger charge is -2.05. The van der Waals surface area contributed by atoms with Gasteiger partial charge in [-0.2, -0.15) is 0 Å². The van der Waals surface area contributed by atoms with Crippen LogP contribution in [0.5, 0.6) is 0 Å². The lowest BCUT2D eigenvalue weighted by molar-refractivity contribution is -0.121. The van der Waals surface area contributed by atoms with E-state index in [4.69, 9.17) is 0 Å². The molecule has 0 saturated heterocycles. The average Bonchev–Trinajstić information content (AvgIpc) is 2.41. The molecule has 0 aromatic rings. The Kier molecular flexibility index (Phi) is 15.1. The fraction of sp³-hybridized carbons (Fsp3) is 0.941. The van der Waals surface area contributed by atoms with Gasteiger partial charge in [-0.1, -0.05) is 78.1 Å². The second-order valence-electron chi connectivity index (χ2n) is 5.64. The van der Waals surface area contributed by atoms with Gasteiger partial charge in [0.15, 0.2) is 0 Å². The number of hydrogen-bond donors (Lipinski definition) is 1. The molecule has 0 aliphatic carbocycles. The molecule has 0 unspecified atom stereocenters. The molecule has 0 heterocycles. The summed E-state index contributed by atoms with van der Waals surface area (Å²) in [6, 6.07) is 0. The summed E-state index contributed by atoms with van der Waals surface area (Å²) >= 11 is 0. The van der Waals surface area contributed by atoms with E-state index >= 15 is 0 Å². The van der Waals surface area contributed by atoms with E-state index in [-0.39, 0.29) is 5.91 Å². The minimum Gasteiger partial charge on any atom is -0.356 e. The Morgan fingerprint density at radius 2 is 1.16 bits per heavy atom. The van der Waals surface area contributed by atoms with E-state index in [0.29, 0.717) is 0 Å². The summed E-state index contributed by atoms with van der Waals surface area (Å²) in [5.41, 5.74) is 0. The van der Waals surface area contributed by atoms with Crippen LogP contribution in [0.25, 0.3) is 0 Å². The summed E-state index contributed by atoms with van der Waals surface area (Å²) in [5.74, 6) is 0.254. The van der Waals surface area contributed by atoms with Crippen molar-refractivity contribution in [1.29, 1.82) is 0 Å². The van der Waals surface area contributed by atoms with Crippen molar-refractivity contribution < 1.29 is 4.79 Å². The van der Waals surface area contributed by atoms with Gasteiger partial charge in [-0.25, -0.2) is 0 Å². The first kappa shape index (κ1) is 18.5. The highest BCUT2D eigenvalue weighted by Crippen LogP contribution is 2.07. The van der Waals surface area contributed by atoms with Crippen molar-refractivity contribution >= 4 is 5.91 Å². The first-order chi connectivity index (χ1) is 9.31. The molecule has 1 amide bonds. The molecule has 2 nitrogen and oxygen atoms in total. The predicted molar refractivity (Wildman–Crippen MR) is 84.4 cm³/mol. The van der Waals surface area contributed by atoms with Crippen molar-refractivity contribution in [2.45, 2.75) is 97.3 Å². The van der Waals surface area contributed by atoms with E-state index in [2.05, 4.69) is 19.2 Å². The molecule has 19 heavy (non-hydrogen) atoms. The van der Waals surface area contributed by atoms with Crippen LogP contribution >= 0.6 is 0 Å². The van der Waals surface area contributed by atoms with Gasteiger partial charge in [-0.3, -0.25) is 4.79 Å². The summed E-state index contributed by atoms with van der Waals surface area (Å²) in [7, 11) is 0. The highest BCUT2D eigenvalue weighted by atomic mass is 16.1. The van der Waals surface area contributed by atoms with Gasteiger partial charge < -0.3 is 5.32 Å². The second kappa shape index (κ2) is 15.5. The summed E-state index contributed by atoms with van der Waals surface area (Å²) in [6.07, 6.45) is 16.0. The zero-order valence-electron chi connectivity index (χ0n) is 13.3. The van der Waals surface area contributed by atoms with Crippen LogP contribution in [-0.2, 0) is 4.79 Å². The van der Waals surface area contributed by atoms with E-state index < -0.39 is 0 Å². The Morgan fingerprint density at radius 1 is 0.684 bits per heavy atom. The molecule has 0 bridgehead atoms. The Bertz CT molecular complexity index is 192. The van der Waals surface area contributed by atoms with Crippen LogP contribution in [0.15, 0.2) is 0 Å². The summed E-state index contributed by atoms with van der Waals surface area (Å²) in [6.45, 7) is 5.35. The van der Waals surface area contributed by atoms with Gasteiger partial charge in [0.05, 0.1) is 0 Å². The lowest BCUT2D eigenvalue weighted by Crippen LogP contribution is -2.23. The summed E-state index contributed by atoms with van der Waals surface area (Å²) in [5, 5.41) is 3.04. The van der Waals surface area contributed by atoms with Gasteiger partial charge in [0.2, 0.25) is 5.91 Å². The summed E-state index contributed by atoms with van der Waals surface area (Å²) < 4.78 is 0. The predicted octanol–water partition coefficient (Wildman–Crippen LogP) is 5.21. The van der Waals surface area contributed by atoms with E-state index in [0.717, 1.165) is 25.8 Å². The maximum absolute atomic E-state index is 11.6. The van der Waals surface area contributed by atoms with Crippen molar-refractivity contribution in [2.75, 3.05) is 6.54 Å². The number of hydrogen-bond acceptors (Lipinski definition) is 1. The van der Waals surface area contributed by atoms with Gasteiger partial charge in [0.1, 0.15) is 0 Å². The Morgan fingerprint density at radius 3 is 1.74 bits per heavy atom. The number of nitrogens with one attached hydrogen (secondary N) is 1. The fourth-order valence-corrected chi connectivity index (χ4v) is 2.29. The maximum Gasteiger partial charge on any atom is 0.219 e. The van der Waals surface area contributed by atoms with Crippen LogP contribution in [-0.4, -0.2) is 12.5 Å². The molecule has 0 aliphatic rings. The van der Waals surface area contributed by atoms with Crippen LogP contribution in [0.1, 0.15) is 97.3 Å². The Labute approximate surface area is 120 Å². The minimum absolute atomic E-state index is 0.254. The van der Waals surface area contributed by atoms with Crippen LogP contribution < -0.4 is 5.32 Å². The van der Waals surface area contributed by atoms with Crippen molar-refractivity contribution in [3.05, 3.63) is 0 Å². The molecule has 0 saturated carbocycles. The molecule has 2 heteroatoms. The first-order valence-electron chi connectivity index (χ1n) is 8.58. The third kappa shape index (κ3) is 15.4. The molecular weight excluding hydrogens is 234 g/mol. The normalized spacial score (nSPS) is 10.6. The molecule has 0 rings (SSSR count). The van der Waals surface area contributed by atoms with E-state index in [9.17, 15) is 4.79 Å². The fourth-order valence-electron chi connectivity index (χ4n) is 2.29. The first-order valence-corrected chi connectivity index (χ1v) is 8.58. The SMILES string of the molecule is CCCCCCCCNC(=O)CCCCCCCC. The molecule has 1 N–H and O–H groups in total. The molecule has 0 atom stereocenters. The van der Waals surface area contributed by atoms with E-state index in [1.165, 1.54) is 64.2 Å². The van der Waals surface area contributed by atoms with Gasteiger partial charge in [0, 0.05) is 13.0 Å². The van der Waals surface area contributed by atoms with Gasteiger partial charge in [0.25, 0.3) is 0 Å². The third-order valence-electron chi connectivity index (χ3n) is 3.61. The van der Waals surface area contributed by atoms with E-state index in [1.807, 2.05) is 0 Å². The lowest BCUT2D eigenvalue weighted by atomic mass is 10.1. The standard InChI is InChI=1S/C17H35NO/c1-3-5-7-9-11-13-15-17(19)18-16-14-12-10-8-6-4-2/h3-16H2,1-2H3,(H,18,19). The van der Waals surface area contributed by atoms with Crippen LogP contribution in [0, 0.1) is 0 Å². The second-order valence-corrected chi connectivity index (χ2v) is 5.64. The Hall–Kier alpha value is -0.530. The molecule has 0 aromatic heterocycles. The van der Waals surface area contributed by atoms with E-state index in [1.54, 1.807) is 0 Å². The monoisotopic (exact) mass is 269 g/mol. The van der Waals surface area contributed by atoms with Crippen molar-refractivity contribution in [1.82, 2.24) is 5.32 Å². The van der Waals surface area contributed by atoms with Gasteiger partial charge in [-0.15, -0.1) is 0 Å². The van der Waals surface area contributed by atoms with Crippen LogP contribution in [0.2, 0.25) is 0 Å². The quantitative estimate of drug-likeness (QED) is 0.431. The average molecular weight is 269 g/mol. The maximum atomic E-state index is 11.6. The molecular formula is C17H35NO. The molecule has 0 aliphatic heterocycles. The number of amides is 1. The zero-order chi connectivity index (χ0) is 14.2. The molecule has 114 valence electrons. The Balaban J connectivity index is 3.13. The number of rotatable bonds is 14. The summed E-state index contributed by atoms with van der Waals surface area (Å²) in [4.78, 5) is 11.6. The number of unbranched alkanes of at least 4 members (excludes halogenated alkanes) is 10. The van der Waals surface area contributed by atoms with Crippen molar-refractivity contribution in [2.24, 2.45) is 0 Å². The molecule has 0 spiro atoms. The largest absolute Gasteiger partial charge is 0.356 e. The molecule has 0 fully saturated rings. The van der Waals surface area contributed by atoms with Crippen LogP contribution in [0.3, 0.4) is 0 Å². The zero-order valence-corrected chi connectivity index (χ0v) is 13.3. The number of carbonyl (C=O) groups is 1. The highest BCUT2D eigenvalue weighted by molar-refractivity contribution is 5.75. The molecule has 0 radical (unpaired) electrons. The minimum atomic E-state index is 0.254.